The normalized spacial score (nSPS) is 25.7. The number of hydrogen-bond donors (Lipinski definition) is 2. The molecule has 2 aliphatic rings. The summed E-state index contributed by atoms with van der Waals surface area (Å²) in [4.78, 5) is 20.8. The van der Waals surface area contributed by atoms with Gasteiger partial charge in [0, 0.05) is 17.4 Å². The van der Waals surface area contributed by atoms with Crippen molar-refractivity contribution in [2.75, 3.05) is 5.32 Å². The monoisotopic (exact) mass is 482 g/mol. The lowest BCUT2D eigenvalue weighted by Gasteiger charge is -2.48. The minimum absolute atomic E-state index is 0.101. The summed E-state index contributed by atoms with van der Waals surface area (Å²) in [6.07, 6.45) is 2.28. The van der Waals surface area contributed by atoms with Crippen molar-refractivity contribution in [3.63, 3.8) is 0 Å². The molecule has 1 aromatic heterocycles. The summed E-state index contributed by atoms with van der Waals surface area (Å²) in [6, 6.07) is 5.01. The number of nitrogens with two attached hydrogens (primary N) is 1. The highest BCUT2D eigenvalue weighted by atomic mass is 35.5. The van der Waals surface area contributed by atoms with Gasteiger partial charge in [-0.3, -0.25) is 9.79 Å². The molecular weight excluding hydrogens is 462 g/mol. The predicted octanol–water partition coefficient (Wildman–Crippen LogP) is 3.65. The number of hydrogen-bond acceptors (Lipinski definition) is 6. The molecule has 4 rings (SSSR count). The molecule has 170 valence electrons. The Labute approximate surface area is 189 Å². The third-order valence-corrected chi connectivity index (χ3v) is 9.19. The molecule has 0 unspecified atom stereocenters. The van der Waals surface area contributed by atoms with Gasteiger partial charge in [0.05, 0.1) is 5.02 Å². The van der Waals surface area contributed by atoms with E-state index < -0.39 is 37.4 Å². The fraction of sp³-hybridized carbons (Fsp3) is 0.381. The molecule has 1 aliphatic carbocycles. The van der Waals surface area contributed by atoms with Crippen molar-refractivity contribution in [2.45, 2.75) is 48.9 Å². The molecule has 0 saturated heterocycles. The Morgan fingerprint density at radius 3 is 2.59 bits per heavy atom. The van der Waals surface area contributed by atoms with Crippen LogP contribution in [0.2, 0.25) is 5.02 Å². The molecule has 2 atom stereocenters. The molecule has 1 amide bonds. The van der Waals surface area contributed by atoms with Gasteiger partial charge in [0.1, 0.15) is 27.6 Å². The molecular formula is C21H21ClF2N4O3S. The molecule has 1 spiro atoms. The number of pyridine rings is 1. The number of rotatable bonds is 3. The number of amidine groups is 1. The van der Waals surface area contributed by atoms with Crippen LogP contribution in [0.25, 0.3) is 0 Å². The first kappa shape index (κ1) is 22.6. The van der Waals surface area contributed by atoms with Gasteiger partial charge < -0.3 is 11.1 Å². The van der Waals surface area contributed by atoms with Crippen LogP contribution >= 0.6 is 11.6 Å². The predicted molar refractivity (Wildman–Crippen MR) is 118 cm³/mol. The zero-order chi connectivity index (χ0) is 23.5. The molecule has 11 heteroatoms. The number of benzene rings is 1. The first-order chi connectivity index (χ1) is 14.9. The van der Waals surface area contributed by atoms with E-state index in [9.17, 15) is 17.6 Å². The number of aryl methyl sites for hydroxylation is 1. The number of aromatic nitrogens is 1. The zero-order valence-electron chi connectivity index (χ0n) is 17.3. The number of alkyl halides is 1. The van der Waals surface area contributed by atoms with Gasteiger partial charge in [-0.1, -0.05) is 11.6 Å². The lowest BCUT2D eigenvalue weighted by molar-refractivity contribution is 0.102. The maximum absolute atomic E-state index is 15.5. The number of aliphatic imine (C=N–C) groups is 1. The summed E-state index contributed by atoms with van der Waals surface area (Å²) in [7, 11) is -4.37. The molecule has 1 saturated carbocycles. The molecule has 1 aromatic carbocycles. The summed E-state index contributed by atoms with van der Waals surface area (Å²) in [5, 5.41) is 2.93. The smallest absolute Gasteiger partial charge is 0.274 e. The summed E-state index contributed by atoms with van der Waals surface area (Å²) in [6.45, 7) is 2.84. The molecule has 0 radical (unpaired) electrons. The highest BCUT2D eigenvalue weighted by molar-refractivity contribution is 7.94. The SMILES string of the molecule is Cc1cc(Cl)cnc1C(=O)Nc1ccc(F)c([C@@]2(C)N=C(N)C3(CCC3)S(=O)(=O)[C@@H]2F)c1. The van der Waals surface area contributed by atoms with E-state index in [4.69, 9.17) is 17.3 Å². The third kappa shape index (κ3) is 3.19. The Morgan fingerprint density at radius 1 is 1.31 bits per heavy atom. The van der Waals surface area contributed by atoms with Crippen LogP contribution in [0.15, 0.2) is 35.5 Å². The summed E-state index contributed by atoms with van der Waals surface area (Å²) in [5.41, 5.74) is 1.80. The van der Waals surface area contributed by atoms with Crippen LogP contribution in [0.5, 0.6) is 0 Å². The van der Waals surface area contributed by atoms with E-state index in [-0.39, 0.29) is 35.6 Å². The number of nitrogens with one attached hydrogen (secondary N) is 1. The minimum Gasteiger partial charge on any atom is -0.386 e. The Hall–Kier alpha value is -2.59. The van der Waals surface area contributed by atoms with Crippen molar-refractivity contribution in [1.29, 1.82) is 0 Å². The first-order valence-corrected chi connectivity index (χ1v) is 11.8. The number of sulfone groups is 1. The quantitative estimate of drug-likeness (QED) is 0.693. The maximum Gasteiger partial charge on any atom is 0.274 e. The van der Waals surface area contributed by atoms with Gasteiger partial charge in [0.15, 0.2) is 9.84 Å². The number of amides is 1. The van der Waals surface area contributed by atoms with E-state index in [1.165, 1.54) is 19.2 Å². The van der Waals surface area contributed by atoms with Crippen LogP contribution in [0, 0.1) is 12.7 Å². The molecule has 2 aromatic rings. The molecule has 3 N–H and O–H groups in total. The second-order valence-corrected chi connectivity index (χ2v) is 11.0. The van der Waals surface area contributed by atoms with E-state index in [0.29, 0.717) is 17.0 Å². The van der Waals surface area contributed by atoms with E-state index in [0.717, 1.165) is 12.1 Å². The van der Waals surface area contributed by atoms with Crippen LogP contribution in [0.1, 0.15) is 47.8 Å². The maximum atomic E-state index is 15.5. The largest absolute Gasteiger partial charge is 0.386 e. The van der Waals surface area contributed by atoms with E-state index in [2.05, 4.69) is 15.3 Å². The average molecular weight is 483 g/mol. The number of carbonyl (C=O) groups is 1. The van der Waals surface area contributed by atoms with Crippen molar-refractivity contribution < 1.29 is 22.0 Å². The van der Waals surface area contributed by atoms with Crippen molar-refractivity contribution in [3.8, 4) is 0 Å². The molecule has 7 nitrogen and oxygen atoms in total. The van der Waals surface area contributed by atoms with Crippen molar-refractivity contribution in [2.24, 2.45) is 10.7 Å². The number of anilines is 1. The fourth-order valence-corrected chi connectivity index (χ4v) is 6.82. The van der Waals surface area contributed by atoms with E-state index >= 15 is 4.39 Å². The highest BCUT2D eigenvalue weighted by Crippen LogP contribution is 2.51. The van der Waals surface area contributed by atoms with E-state index in [1.807, 2.05) is 0 Å². The Kier molecular flexibility index (Phi) is 5.28. The standard InChI is InChI=1S/C21H21ClF2N4O3S/c1-11-8-12(22)10-26-16(11)17(29)27-13-4-5-15(23)14(9-13)20(2)18(24)32(30,31)21(6-3-7-21)19(25)28-20/h4-5,8-10,18H,3,6-7H2,1-2H3,(H2,25,28)(H,27,29)/t18-,20+/m0/s1. The molecule has 1 fully saturated rings. The van der Waals surface area contributed by atoms with Crippen LogP contribution < -0.4 is 11.1 Å². The molecule has 0 bridgehead atoms. The molecule has 32 heavy (non-hydrogen) atoms. The lowest BCUT2D eigenvalue weighted by atomic mass is 9.82. The van der Waals surface area contributed by atoms with Gasteiger partial charge in [-0.15, -0.1) is 0 Å². The van der Waals surface area contributed by atoms with Gasteiger partial charge in [-0.25, -0.2) is 22.2 Å². The second-order valence-electron chi connectivity index (χ2n) is 8.32. The van der Waals surface area contributed by atoms with Gasteiger partial charge in [0.2, 0.25) is 5.50 Å². The Balaban J connectivity index is 1.74. The number of carbonyl (C=O) groups excluding carboxylic acids is 1. The Morgan fingerprint density at radius 2 is 2.00 bits per heavy atom. The van der Waals surface area contributed by atoms with Crippen molar-refractivity contribution in [1.82, 2.24) is 4.98 Å². The van der Waals surface area contributed by atoms with Crippen LogP contribution in [-0.4, -0.2) is 35.4 Å². The zero-order valence-corrected chi connectivity index (χ0v) is 18.9. The second kappa shape index (κ2) is 7.48. The van der Waals surface area contributed by atoms with Crippen LogP contribution in [-0.2, 0) is 15.4 Å². The summed E-state index contributed by atoms with van der Waals surface area (Å²) in [5.74, 6) is -1.67. The van der Waals surface area contributed by atoms with Crippen LogP contribution in [0.3, 0.4) is 0 Å². The topological polar surface area (TPSA) is 115 Å². The molecule has 1 aliphatic heterocycles. The third-order valence-electron chi connectivity index (χ3n) is 6.27. The lowest BCUT2D eigenvalue weighted by Crippen LogP contribution is -2.64. The van der Waals surface area contributed by atoms with Crippen molar-refractivity contribution in [3.05, 3.63) is 58.1 Å². The number of nitrogens with zero attached hydrogens (tertiary/aromatic N) is 2. The van der Waals surface area contributed by atoms with E-state index in [1.54, 1.807) is 13.0 Å². The van der Waals surface area contributed by atoms with Crippen molar-refractivity contribution >= 4 is 38.9 Å². The molecule has 2 heterocycles. The Bertz CT molecular complexity index is 1260. The number of halogens is 3. The van der Waals surface area contributed by atoms with Gasteiger partial charge >= 0.3 is 0 Å². The summed E-state index contributed by atoms with van der Waals surface area (Å²) >= 11 is 5.86. The minimum atomic E-state index is -4.37. The van der Waals surface area contributed by atoms with Crippen LogP contribution in [0.4, 0.5) is 14.5 Å². The highest BCUT2D eigenvalue weighted by Gasteiger charge is 2.64. The van der Waals surface area contributed by atoms with Gasteiger partial charge in [-0.05, 0) is 62.9 Å². The fourth-order valence-electron chi connectivity index (χ4n) is 4.23. The average Bonchev–Trinajstić information content (AvgIpc) is 2.66. The first-order valence-electron chi connectivity index (χ1n) is 9.89. The summed E-state index contributed by atoms with van der Waals surface area (Å²) < 4.78 is 54.8. The van der Waals surface area contributed by atoms with Gasteiger partial charge in [0.25, 0.3) is 5.91 Å². The van der Waals surface area contributed by atoms with Gasteiger partial charge in [-0.2, -0.15) is 0 Å².